The number of anilines is 1. The van der Waals surface area contributed by atoms with Gasteiger partial charge in [0.15, 0.2) is 0 Å². The van der Waals surface area contributed by atoms with Gasteiger partial charge in [-0.05, 0) is 55.7 Å². The Kier molecular flexibility index (Phi) is 6.44. The third kappa shape index (κ3) is 4.54. The quantitative estimate of drug-likeness (QED) is 0.779. The molecule has 7 nitrogen and oxygen atoms in total. The van der Waals surface area contributed by atoms with Crippen LogP contribution in [0.1, 0.15) is 18.4 Å². The van der Waals surface area contributed by atoms with Crippen molar-refractivity contribution in [3.05, 3.63) is 48.0 Å². The SMILES string of the molecule is COc1ccc(S(=O)(=O)N2CCCC(C(=O)Nc3ccccc3OC)C2)cc1C. The summed E-state index contributed by atoms with van der Waals surface area (Å²) in [5, 5.41) is 2.87. The predicted molar refractivity (Wildman–Crippen MR) is 111 cm³/mol. The van der Waals surface area contributed by atoms with Gasteiger partial charge in [0, 0.05) is 13.1 Å². The van der Waals surface area contributed by atoms with Crippen LogP contribution in [0.2, 0.25) is 0 Å². The number of ether oxygens (including phenoxy) is 2. The average Bonchev–Trinajstić information content (AvgIpc) is 2.74. The highest BCUT2D eigenvalue weighted by Gasteiger charge is 2.33. The van der Waals surface area contributed by atoms with E-state index in [0.29, 0.717) is 36.6 Å². The Labute approximate surface area is 171 Å². The van der Waals surface area contributed by atoms with Gasteiger partial charge in [0.25, 0.3) is 0 Å². The summed E-state index contributed by atoms with van der Waals surface area (Å²) in [5.41, 5.74) is 1.32. The van der Waals surface area contributed by atoms with Gasteiger partial charge in [-0.3, -0.25) is 4.79 Å². The lowest BCUT2D eigenvalue weighted by atomic mass is 9.98. The maximum absolute atomic E-state index is 13.1. The van der Waals surface area contributed by atoms with Crippen molar-refractivity contribution in [1.82, 2.24) is 4.31 Å². The molecule has 3 rings (SSSR count). The number of hydrogen-bond donors (Lipinski definition) is 1. The number of methoxy groups -OCH3 is 2. The molecule has 29 heavy (non-hydrogen) atoms. The van der Waals surface area contributed by atoms with Crippen LogP contribution in [0.15, 0.2) is 47.4 Å². The van der Waals surface area contributed by atoms with E-state index < -0.39 is 15.9 Å². The Hall–Kier alpha value is -2.58. The van der Waals surface area contributed by atoms with Gasteiger partial charge >= 0.3 is 0 Å². The Bertz CT molecular complexity index is 990. The molecule has 1 heterocycles. The molecule has 0 saturated carbocycles. The first kappa shape index (κ1) is 21.1. The number of carbonyl (C=O) groups is 1. The van der Waals surface area contributed by atoms with Crippen molar-refractivity contribution >= 4 is 21.6 Å². The molecule has 0 spiro atoms. The lowest BCUT2D eigenvalue weighted by Crippen LogP contribution is -2.43. The van der Waals surface area contributed by atoms with E-state index in [2.05, 4.69) is 5.32 Å². The molecule has 1 amide bonds. The Balaban J connectivity index is 1.76. The van der Waals surface area contributed by atoms with Crippen molar-refractivity contribution in [1.29, 1.82) is 0 Å². The molecule has 2 aromatic rings. The fourth-order valence-corrected chi connectivity index (χ4v) is 5.13. The van der Waals surface area contributed by atoms with E-state index in [1.54, 1.807) is 44.4 Å². The van der Waals surface area contributed by atoms with Crippen molar-refractivity contribution < 1.29 is 22.7 Å². The van der Waals surface area contributed by atoms with Crippen LogP contribution in [0.3, 0.4) is 0 Å². The van der Waals surface area contributed by atoms with E-state index >= 15 is 0 Å². The van der Waals surface area contributed by atoms with Crippen molar-refractivity contribution in [3.8, 4) is 11.5 Å². The van der Waals surface area contributed by atoms with E-state index in [4.69, 9.17) is 9.47 Å². The zero-order valence-corrected chi connectivity index (χ0v) is 17.7. The summed E-state index contributed by atoms with van der Waals surface area (Å²) >= 11 is 0. The number of amides is 1. The highest BCUT2D eigenvalue weighted by atomic mass is 32.2. The summed E-state index contributed by atoms with van der Waals surface area (Å²) < 4.78 is 38.1. The topological polar surface area (TPSA) is 84.9 Å². The highest BCUT2D eigenvalue weighted by molar-refractivity contribution is 7.89. The summed E-state index contributed by atoms with van der Waals surface area (Å²) in [7, 11) is -0.602. The molecule has 0 aromatic heterocycles. The van der Waals surface area contributed by atoms with Crippen molar-refractivity contribution in [2.24, 2.45) is 5.92 Å². The molecule has 0 aliphatic carbocycles. The molecular weight excluding hydrogens is 392 g/mol. The van der Waals surface area contributed by atoms with Crippen LogP contribution in [-0.2, 0) is 14.8 Å². The van der Waals surface area contributed by atoms with Gasteiger partial charge in [0.2, 0.25) is 15.9 Å². The van der Waals surface area contributed by atoms with Crippen LogP contribution in [0, 0.1) is 12.8 Å². The van der Waals surface area contributed by atoms with Gasteiger partial charge in [0.05, 0.1) is 30.7 Å². The van der Waals surface area contributed by atoms with Crippen molar-refractivity contribution in [3.63, 3.8) is 0 Å². The van der Waals surface area contributed by atoms with E-state index in [1.807, 2.05) is 12.1 Å². The maximum Gasteiger partial charge on any atom is 0.243 e. The van der Waals surface area contributed by atoms with Gasteiger partial charge in [0.1, 0.15) is 11.5 Å². The van der Waals surface area contributed by atoms with Crippen LogP contribution in [0.5, 0.6) is 11.5 Å². The van der Waals surface area contributed by atoms with E-state index in [0.717, 1.165) is 5.56 Å². The van der Waals surface area contributed by atoms with Crippen LogP contribution in [-0.4, -0.2) is 45.9 Å². The van der Waals surface area contributed by atoms with Crippen molar-refractivity contribution in [2.75, 3.05) is 32.6 Å². The van der Waals surface area contributed by atoms with Gasteiger partial charge in [-0.1, -0.05) is 12.1 Å². The zero-order valence-electron chi connectivity index (χ0n) is 16.8. The third-order valence-electron chi connectivity index (χ3n) is 5.12. The number of carbonyl (C=O) groups excluding carboxylic acids is 1. The number of benzene rings is 2. The number of para-hydroxylation sites is 2. The second kappa shape index (κ2) is 8.84. The Morgan fingerprint density at radius 1 is 1.10 bits per heavy atom. The largest absolute Gasteiger partial charge is 0.496 e. The molecule has 1 saturated heterocycles. The smallest absolute Gasteiger partial charge is 0.243 e. The van der Waals surface area contributed by atoms with E-state index in [-0.39, 0.29) is 17.3 Å². The number of hydrogen-bond acceptors (Lipinski definition) is 5. The van der Waals surface area contributed by atoms with Crippen LogP contribution in [0.4, 0.5) is 5.69 Å². The van der Waals surface area contributed by atoms with Gasteiger partial charge < -0.3 is 14.8 Å². The highest BCUT2D eigenvalue weighted by Crippen LogP contribution is 2.29. The number of aryl methyl sites for hydroxylation is 1. The molecule has 0 bridgehead atoms. The summed E-state index contributed by atoms with van der Waals surface area (Å²) in [6.45, 7) is 2.35. The molecule has 1 unspecified atom stereocenters. The van der Waals surface area contributed by atoms with Crippen LogP contribution < -0.4 is 14.8 Å². The van der Waals surface area contributed by atoms with Gasteiger partial charge in [-0.2, -0.15) is 4.31 Å². The zero-order chi connectivity index (χ0) is 21.0. The minimum absolute atomic E-state index is 0.147. The molecular formula is C21H26N2O5S. The van der Waals surface area contributed by atoms with Gasteiger partial charge in [-0.25, -0.2) is 8.42 Å². The molecule has 1 aliphatic rings. The van der Waals surface area contributed by atoms with Crippen LogP contribution >= 0.6 is 0 Å². The molecule has 1 fully saturated rings. The summed E-state index contributed by atoms with van der Waals surface area (Å²) in [6.07, 6.45) is 1.26. The van der Waals surface area contributed by atoms with Crippen molar-refractivity contribution in [2.45, 2.75) is 24.7 Å². The second-order valence-electron chi connectivity index (χ2n) is 7.02. The minimum atomic E-state index is -3.69. The first-order valence-electron chi connectivity index (χ1n) is 9.45. The monoisotopic (exact) mass is 418 g/mol. The average molecular weight is 419 g/mol. The fourth-order valence-electron chi connectivity index (χ4n) is 3.52. The summed E-state index contributed by atoms with van der Waals surface area (Å²) in [6, 6.07) is 11.9. The Morgan fingerprint density at radius 2 is 1.83 bits per heavy atom. The molecule has 0 radical (unpaired) electrons. The number of nitrogens with zero attached hydrogens (tertiary/aromatic N) is 1. The normalized spacial score (nSPS) is 17.6. The standard InChI is InChI=1S/C21H26N2O5S/c1-15-13-17(10-11-19(15)27-2)29(25,26)23-12-6-7-16(14-23)21(24)22-18-8-4-5-9-20(18)28-3/h4-5,8-11,13,16H,6-7,12,14H2,1-3H3,(H,22,24). The lowest BCUT2D eigenvalue weighted by Gasteiger charge is -2.31. The molecule has 2 aromatic carbocycles. The maximum atomic E-state index is 13.1. The summed E-state index contributed by atoms with van der Waals surface area (Å²) in [5.74, 6) is 0.564. The number of rotatable bonds is 6. The minimum Gasteiger partial charge on any atom is -0.496 e. The lowest BCUT2D eigenvalue weighted by molar-refractivity contribution is -0.120. The fraction of sp³-hybridized carbons (Fsp3) is 0.381. The second-order valence-corrected chi connectivity index (χ2v) is 8.96. The first-order chi connectivity index (χ1) is 13.9. The third-order valence-corrected chi connectivity index (χ3v) is 6.98. The Morgan fingerprint density at radius 3 is 2.52 bits per heavy atom. The molecule has 1 atom stereocenters. The molecule has 1 N–H and O–H groups in total. The number of sulfonamides is 1. The van der Waals surface area contributed by atoms with Crippen LogP contribution in [0.25, 0.3) is 0 Å². The molecule has 1 aliphatic heterocycles. The van der Waals surface area contributed by atoms with E-state index in [9.17, 15) is 13.2 Å². The molecule has 156 valence electrons. The van der Waals surface area contributed by atoms with Gasteiger partial charge in [-0.15, -0.1) is 0 Å². The number of nitrogens with one attached hydrogen (secondary N) is 1. The van der Waals surface area contributed by atoms with E-state index in [1.165, 1.54) is 11.4 Å². The summed E-state index contributed by atoms with van der Waals surface area (Å²) in [4.78, 5) is 13.0. The number of piperidine rings is 1. The predicted octanol–water partition coefficient (Wildman–Crippen LogP) is 3.05. The molecule has 8 heteroatoms. The first-order valence-corrected chi connectivity index (χ1v) is 10.9.